The van der Waals surface area contributed by atoms with Crippen LogP contribution in [-0.4, -0.2) is 14.8 Å². The van der Waals surface area contributed by atoms with Gasteiger partial charge in [0.2, 0.25) is 5.76 Å². The number of benzene rings is 1. The predicted octanol–water partition coefficient (Wildman–Crippen LogP) is 2.34. The smallest absolute Gasteiger partial charge is 0.203 e. The van der Waals surface area contributed by atoms with Crippen molar-refractivity contribution in [2.75, 3.05) is 5.32 Å². The van der Waals surface area contributed by atoms with Gasteiger partial charge < -0.3 is 9.73 Å². The van der Waals surface area contributed by atoms with Crippen LogP contribution in [-0.2, 0) is 6.54 Å². The highest BCUT2D eigenvalue weighted by molar-refractivity contribution is 5.48. The fourth-order valence-corrected chi connectivity index (χ4v) is 1.80. The van der Waals surface area contributed by atoms with E-state index in [0.717, 1.165) is 17.1 Å². The number of hydrogen-bond acceptors (Lipinski definition) is 5. The summed E-state index contributed by atoms with van der Waals surface area (Å²) in [6.07, 6.45) is 3.14. The van der Waals surface area contributed by atoms with Crippen LogP contribution in [0.4, 0.5) is 5.69 Å². The second-order valence-electron chi connectivity index (χ2n) is 4.12. The van der Waals surface area contributed by atoms with Crippen LogP contribution in [0.5, 0.6) is 0 Å². The molecule has 98 valence electrons. The Morgan fingerprint density at radius 1 is 1.20 bits per heavy atom. The molecule has 0 bridgehead atoms. The van der Waals surface area contributed by atoms with Crippen molar-refractivity contribution in [3.63, 3.8) is 0 Å². The van der Waals surface area contributed by atoms with Gasteiger partial charge in [-0.2, -0.15) is 10.4 Å². The van der Waals surface area contributed by atoms with Crippen LogP contribution < -0.4 is 5.32 Å². The van der Waals surface area contributed by atoms with Gasteiger partial charge in [0.05, 0.1) is 12.2 Å². The average molecular weight is 265 g/mol. The molecule has 1 N–H and O–H groups in total. The van der Waals surface area contributed by atoms with Gasteiger partial charge in [0, 0.05) is 5.69 Å². The summed E-state index contributed by atoms with van der Waals surface area (Å²) in [5.41, 5.74) is 1.90. The van der Waals surface area contributed by atoms with E-state index < -0.39 is 0 Å². The first-order valence-corrected chi connectivity index (χ1v) is 6.03. The molecule has 0 saturated heterocycles. The van der Waals surface area contributed by atoms with E-state index >= 15 is 0 Å². The summed E-state index contributed by atoms with van der Waals surface area (Å²) in [6, 6.07) is 13.2. The highest BCUT2D eigenvalue weighted by Crippen LogP contribution is 2.14. The van der Waals surface area contributed by atoms with Crippen LogP contribution in [0.25, 0.3) is 5.69 Å². The van der Waals surface area contributed by atoms with Gasteiger partial charge in [0.15, 0.2) is 0 Å². The molecular weight excluding hydrogens is 254 g/mol. The minimum absolute atomic E-state index is 0.323. The third-order valence-corrected chi connectivity index (χ3v) is 2.79. The van der Waals surface area contributed by atoms with Crippen LogP contribution in [0.1, 0.15) is 11.5 Å². The zero-order valence-electron chi connectivity index (χ0n) is 10.5. The number of rotatable bonds is 4. The molecule has 1 aromatic carbocycles. The lowest BCUT2D eigenvalue weighted by Crippen LogP contribution is -1.99. The lowest BCUT2D eigenvalue weighted by Gasteiger charge is -2.05. The first-order chi connectivity index (χ1) is 9.85. The van der Waals surface area contributed by atoms with Crippen molar-refractivity contribution in [3.8, 4) is 11.8 Å². The van der Waals surface area contributed by atoms with Crippen LogP contribution in [0.3, 0.4) is 0 Å². The first-order valence-electron chi connectivity index (χ1n) is 6.03. The maximum absolute atomic E-state index is 8.68. The lowest BCUT2D eigenvalue weighted by atomic mass is 10.3. The summed E-state index contributed by atoms with van der Waals surface area (Å²) >= 11 is 0. The molecule has 0 radical (unpaired) electrons. The molecule has 3 aromatic rings. The van der Waals surface area contributed by atoms with Gasteiger partial charge in [-0.1, -0.05) is 0 Å². The Labute approximate surface area is 115 Å². The number of nitrogens with one attached hydrogen (secondary N) is 1. The number of aromatic nitrogens is 3. The van der Waals surface area contributed by atoms with Crippen molar-refractivity contribution in [2.24, 2.45) is 0 Å². The van der Waals surface area contributed by atoms with Crippen LogP contribution in [0.15, 0.2) is 53.5 Å². The summed E-state index contributed by atoms with van der Waals surface area (Å²) in [4.78, 5) is 3.90. The Kier molecular flexibility index (Phi) is 3.17. The van der Waals surface area contributed by atoms with E-state index in [9.17, 15) is 0 Å². The van der Waals surface area contributed by atoms with Gasteiger partial charge in [-0.3, -0.25) is 0 Å². The molecule has 0 unspecified atom stereocenters. The van der Waals surface area contributed by atoms with E-state index in [4.69, 9.17) is 9.68 Å². The van der Waals surface area contributed by atoms with E-state index in [-0.39, 0.29) is 0 Å². The zero-order valence-corrected chi connectivity index (χ0v) is 10.5. The summed E-state index contributed by atoms with van der Waals surface area (Å²) in [5, 5.41) is 16.0. The lowest BCUT2D eigenvalue weighted by molar-refractivity contribution is 0.506. The highest BCUT2D eigenvalue weighted by Gasteiger charge is 2.01. The fraction of sp³-hybridized carbons (Fsp3) is 0.0714. The van der Waals surface area contributed by atoms with Gasteiger partial charge >= 0.3 is 0 Å². The van der Waals surface area contributed by atoms with Gasteiger partial charge in [-0.15, -0.1) is 0 Å². The third kappa shape index (κ3) is 2.52. The number of anilines is 1. The standard InChI is InChI=1S/C14H11N5O/c15-7-13-5-6-14(20-13)8-17-11-1-3-12(4-2-11)19-10-16-9-18-19/h1-6,9-10,17H,8H2. The van der Waals surface area contributed by atoms with Crippen molar-refractivity contribution in [2.45, 2.75) is 6.54 Å². The Hall–Kier alpha value is -3.07. The summed E-state index contributed by atoms with van der Waals surface area (Å²) in [5.74, 6) is 1.05. The molecule has 0 aliphatic heterocycles. The number of nitriles is 1. The molecule has 0 saturated carbocycles. The van der Waals surface area contributed by atoms with Crippen LogP contribution in [0.2, 0.25) is 0 Å². The summed E-state index contributed by atoms with van der Waals surface area (Å²) in [6.45, 7) is 0.532. The van der Waals surface area contributed by atoms with Gasteiger partial charge in [-0.05, 0) is 36.4 Å². The maximum Gasteiger partial charge on any atom is 0.203 e. The van der Waals surface area contributed by atoms with E-state index in [2.05, 4.69) is 15.4 Å². The van der Waals surface area contributed by atoms with Crippen molar-refractivity contribution >= 4 is 5.69 Å². The largest absolute Gasteiger partial charge is 0.449 e. The fourth-order valence-electron chi connectivity index (χ4n) is 1.80. The maximum atomic E-state index is 8.68. The van der Waals surface area contributed by atoms with E-state index in [1.54, 1.807) is 23.1 Å². The minimum atomic E-state index is 0.323. The Morgan fingerprint density at radius 3 is 2.70 bits per heavy atom. The zero-order chi connectivity index (χ0) is 13.8. The monoisotopic (exact) mass is 265 g/mol. The second-order valence-corrected chi connectivity index (χ2v) is 4.12. The van der Waals surface area contributed by atoms with E-state index in [0.29, 0.717) is 12.3 Å². The van der Waals surface area contributed by atoms with Crippen molar-refractivity contribution < 1.29 is 4.42 Å². The number of furan rings is 1. The molecule has 6 nitrogen and oxygen atoms in total. The topological polar surface area (TPSA) is 79.7 Å². The molecule has 2 aromatic heterocycles. The molecule has 3 rings (SSSR count). The number of hydrogen-bond donors (Lipinski definition) is 1. The van der Waals surface area contributed by atoms with E-state index in [1.807, 2.05) is 30.3 Å². The molecule has 0 spiro atoms. The molecular formula is C14H11N5O. The second kappa shape index (κ2) is 5.28. The van der Waals surface area contributed by atoms with Gasteiger partial charge in [-0.25, -0.2) is 9.67 Å². The summed E-state index contributed by atoms with van der Waals surface area (Å²) in [7, 11) is 0. The Balaban J connectivity index is 1.65. The Bertz CT molecular complexity index is 722. The summed E-state index contributed by atoms with van der Waals surface area (Å²) < 4.78 is 6.98. The van der Waals surface area contributed by atoms with Crippen molar-refractivity contribution in [1.82, 2.24) is 14.8 Å². The molecule has 0 fully saturated rings. The molecule has 2 heterocycles. The predicted molar refractivity (Wildman–Crippen MR) is 72.1 cm³/mol. The Morgan fingerprint density at radius 2 is 2.05 bits per heavy atom. The third-order valence-electron chi connectivity index (χ3n) is 2.79. The molecule has 0 aliphatic carbocycles. The normalized spacial score (nSPS) is 10.2. The van der Waals surface area contributed by atoms with Crippen LogP contribution in [0, 0.1) is 11.3 Å². The molecule has 0 amide bonds. The van der Waals surface area contributed by atoms with Crippen LogP contribution >= 0.6 is 0 Å². The molecule has 6 heteroatoms. The quantitative estimate of drug-likeness (QED) is 0.783. The first kappa shape index (κ1) is 12.0. The minimum Gasteiger partial charge on any atom is -0.449 e. The van der Waals surface area contributed by atoms with Crippen molar-refractivity contribution in [3.05, 3.63) is 60.6 Å². The SMILES string of the molecule is N#Cc1ccc(CNc2ccc(-n3cncn3)cc2)o1. The average Bonchev–Trinajstić information content (AvgIpc) is 3.17. The highest BCUT2D eigenvalue weighted by atomic mass is 16.3. The van der Waals surface area contributed by atoms with E-state index in [1.165, 1.54) is 6.33 Å². The molecule has 0 aliphatic rings. The molecule has 20 heavy (non-hydrogen) atoms. The van der Waals surface area contributed by atoms with Gasteiger partial charge in [0.25, 0.3) is 0 Å². The molecule has 0 atom stereocenters. The van der Waals surface area contributed by atoms with Crippen molar-refractivity contribution in [1.29, 1.82) is 5.26 Å². The number of nitrogens with zero attached hydrogens (tertiary/aromatic N) is 4. The van der Waals surface area contributed by atoms with Gasteiger partial charge in [0.1, 0.15) is 24.5 Å².